The maximum atomic E-state index is 12.3. The van der Waals surface area contributed by atoms with Crippen LogP contribution < -0.4 is 0 Å². The molecule has 8 heteroatoms. The Balaban J connectivity index is 1.11. The van der Waals surface area contributed by atoms with Crippen molar-refractivity contribution in [2.75, 3.05) is 26.2 Å². The van der Waals surface area contributed by atoms with Gasteiger partial charge in [0.2, 0.25) is 5.91 Å². The summed E-state index contributed by atoms with van der Waals surface area (Å²) < 4.78 is 0. The van der Waals surface area contributed by atoms with Crippen molar-refractivity contribution in [2.45, 2.75) is 32.7 Å². The Morgan fingerprint density at radius 1 is 1.00 bits per heavy atom. The van der Waals surface area contributed by atoms with Crippen LogP contribution in [0.5, 0.6) is 0 Å². The number of hydrogen-bond donors (Lipinski definition) is 1. The van der Waals surface area contributed by atoms with Gasteiger partial charge in [-0.15, -0.1) is 0 Å². The molecule has 2 aliphatic rings. The number of amides is 1. The highest BCUT2D eigenvalue weighted by molar-refractivity contribution is 5.81. The number of carbonyl (C=O) groups excluding carboxylic acids is 1. The van der Waals surface area contributed by atoms with Gasteiger partial charge in [-0.3, -0.25) is 14.7 Å². The third kappa shape index (κ3) is 4.93. The zero-order chi connectivity index (χ0) is 23.8. The summed E-state index contributed by atoms with van der Waals surface area (Å²) in [5.41, 5.74) is 6.11. The molecule has 35 heavy (non-hydrogen) atoms. The molecule has 1 amide bonds. The minimum Gasteiger partial charge on any atom is -0.342 e. The first-order valence-electron chi connectivity index (χ1n) is 12.3. The Bertz CT molecular complexity index is 1370. The maximum absolute atomic E-state index is 12.3. The maximum Gasteiger partial charge on any atom is 0.225 e. The van der Waals surface area contributed by atoms with Crippen LogP contribution in [0.2, 0.25) is 0 Å². The number of imidazole rings is 1. The Morgan fingerprint density at radius 2 is 1.83 bits per heavy atom. The van der Waals surface area contributed by atoms with Gasteiger partial charge in [0.1, 0.15) is 11.6 Å². The van der Waals surface area contributed by atoms with E-state index in [1.54, 1.807) is 6.20 Å². The molecule has 0 radical (unpaired) electrons. The fraction of sp³-hybridized carbons (Fsp3) is 0.370. The summed E-state index contributed by atoms with van der Waals surface area (Å²) in [7, 11) is 0. The zero-order valence-corrected chi connectivity index (χ0v) is 19.9. The smallest absolute Gasteiger partial charge is 0.225 e. The van der Waals surface area contributed by atoms with Gasteiger partial charge >= 0.3 is 0 Å². The number of piperazine rings is 1. The van der Waals surface area contributed by atoms with E-state index in [0.29, 0.717) is 18.2 Å². The Labute approximate surface area is 204 Å². The Hall–Kier alpha value is -3.65. The molecule has 2 fully saturated rings. The van der Waals surface area contributed by atoms with Crippen LogP contribution >= 0.6 is 0 Å². The predicted octanol–water partition coefficient (Wildman–Crippen LogP) is 3.37. The number of aromatic amines is 1. The molecule has 0 spiro atoms. The number of fused-ring (bicyclic) bond motifs is 1. The van der Waals surface area contributed by atoms with Gasteiger partial charge in [0, 0.05) is 68.7 Å². The summed E-state index contributed by atoms with van der Waals surface area (Å²) in [6, 6.07) is 12.3. The Kier molecular flexibility index (Phi) is 5.74. The van der Waals surface area contributed by atoms with Crippen molar-refractivity contribution < 1.29 is 4.79 Å². The third-order valence-electron chi connectivity index (χ3n) is 6.85. The van der Waals surface area contributed by atoms with E-state index in [1.807, 2.05) is 36.2 Å². The van der Waals surface area contributed by atoms with Crippen molar-refractivity contribution in [3.63, 3.8) is 0 Å². The van der Waals surface area contributed by atoms with E-state index in [9.17, 15) is 4.79 Å². The van der Waals surface area contributed by atoms with Gasteiger partial charge in [-0.25, -0.2) is 15.0 Å². The monoisotopic (exact) mass is 467 g/mol. The number of rotatable bonds is 6. The molecule has 1 saturated heterocycles. The van der Waals surface area contributed by atoms with Crippen molar-refractivity contribution in [1.29, 1.82) is 0 Å². The topological polar surface area (TPSA) is 90.9 Å². The second-order valence-electron chi connectivity index (χ2n) is 9.61. The van der Waals surface area contributed by atoms with Gasteiger partial charge in [0.15, 0.2) is 0 Å². The van der Waals surface area contributed by atoms with Crippen molar-refractivity contribution in [3.8, 4) is 11.3 Å². The highest BCUT2D eigenvalue weighted by Gasteiger charge is 2.34. The largest absolute Gasteiger partial charge is 0.342 e. The molecule has 6 rings (SSSR count). The van der Waals surface area contributed by atoms with Crippen molar-refractivity contribution in [2.24, 2.45) is 5.92 Å². The lowest BCUT2D eigenvalue weighted by Crippen LogP contribution is -2.48. The van der Waals surface area contributed by atoms with E-state index in [4.69, 9.17) is 4.98 Å². The normalized spacial score (nSPS) is 16.7. The molecular formula is C27H29N7O. The molecule has 1 aromatic carbocycles. The number of H-pyrrole nitrogens is 1. The van der Waals surface area contributed by atoms with Crippen molar-refractivity contribution in [3.05, 3.63) is 71.7 Å². The molecule has 1 aliphatic heterocycles. The molecule has 4 aromatic rings. The first-order chi connectivity index (χ1) is 17.1. The molecule has 1 saturated carbocycles. The van der Waals surface area contributed by atoms with E-state index in [0.717, 1.165) is 85.2 Å². The number of benzene rings is 1. The van der Waals surface area contributed by atoms with Crippen LogP contribution in [-0.2, 0) is 17.8 Å². The number of aryl methyl sites for hydroxylation is 1. The van der Waals surface area contributed by atoms with Gasteiger partial charge in [-0.2, -0.15) is 0 Å². The van der Waals surface area contributed by atoms with Crippen LogP contribution in [0, 0.1) is 12.8 Å². The average Bonchev–Trinajstić information content (AvgIpc) is 3.64. The molecule has 0 atom stereocenters. The van der Waals surface area contributed by atoms with Crippen LogP contribution in [0.15, 0.2) is 48.8 Å². The first kappa shape index (κ1) is 21.9. The van der Waals surface area contributed by atoms with Crippen molar-refractivity contribution in [1.82, 2.24) is 34.7 Å². The summed E-state index contributed by atoms with van der Waals surface area (Å²) in [6.07, 6.45) is 6.47. The first-order valence-corrected chi connectivity index (χ1v) is 12.3. The highest BCUT2D eigenvalue weighted by atomic mass is 16.2. The molecule has 1 aliphatic carbocycles. The standard InChI is InChI=1S/C27H29N7O/c1-18-28-9-7-23(30-18)21-4-5-24-25(15-21)32-26(31-24)16-22-14-19(6-8-29-22)17-33-10-12-34(13-11-33)27(35)20-2-3-20/h4-9,14-15,20H,2-3,10-13,16-17H2,1H3,(H,31,32). The van der Waals surface area contributed by atoms with Crippen LogP contribution in [0.25, 0.3) is 22.3 Å². The van der Waals surface area contributed by atoms with E-state index in [-0.39, 0.29) is 0 Å². The minimum atomic E-state index is 0.311. The quantitative estimate of drug-likeness (QED) is 0.468. The van der Waals surface area contributed by atoms with E-state index >= 15 is 0 Å². The number of nitrogens with zero attached hydrogens (tertiary/aromatic N) is 6. The minimum absolute atomic E-state index is 0.311. The number of nitrogens with one attached hydrogen (secondary N) is 1. The molecule has 0 unspecified atom stereocenters. The van der Waals surface area contributed by atoms with Gasteiger partial charge < -0.3 is 9.88 Å². The summed E-state index contributed by atoms with van der Waals surface area (Å²) in [4.78, 5) is 38.3. The molecule has 1 N–H and O–H groups in total. The summed E-state index contributed by atoms with van der Waals surface area (Å²) in [6.45, 7) is 6.30. The second kappa shape index (κ2) is 9.19. The molecule has 178 valence electrons. The molecule has 8 nitrogen and oxygen atoms in total. The van der Waals surface area contributed by atoms with Crippen LogP contribution in [0.1, 0.15) is 35.7 Å². The molecule has 0 bridgehead atoms. The molecule has 3 aromatic heterocycles. The van der Waals surface area contributed by atoms with E-state index < -0.39 is 0 Å². The third-order valence-corrected chi connectivity index (χ3v) is 6.85. The number of carbonyl (C=O) groups is 1. The van der Waals surface area contributed by atoms with Crippen LogP contribution in [0.3, 0.4) is 0 Å². The van der Waals surface area contributed by atoms with E-state index in [2.05, 4.69) is 43.0 Å². The van der Waals surface area contributed by atoms with Crippen LogP contribution in [0.4, 0.5) is 0 Å². The number of pyridine rings is 1. The average molecular weight is 468 g/mol. The van der Waals surface area contributed by atoms with E-state index in [1.165, 1.54) is 5.56 Å². The van der Waals surface area contributed by atoms with Gasteiger partial charge in [0.25, 0.3) is 0 Å². The number of aromatic nitrogens is 5. The second-order valence-corrected chi connectivity index (χ2v) is 9.61. The molecule has 4 heterocycles. The highest BCUT2D eigenvalue weighted by Crippen LogP contribution is 2.31. The van der Waals surface area contributed by atoms with Gasteiger partial charge in [-0.1, -0.05) is 6.07 Å². The predicted molar refractivity (Wildman–Crippen MR) is 133 cm³/mol. The van der Waals surface area contributed by atoms with Gasteiger partial charge in [0.05, 0.1) is 16.7 Å². The van der Waals surface area contributed by atoms with Crippen molar-refractivity contribution >= 4 is 16.9 Å². The molecular weight excluding hydrogens is 438 g/mol. The summed E-state index contributed by atoms with van der Waals surface area (Å²) in [5.74, 6) is 2.33. The fourth-order valence-corrected chi connectivity index (χ4v) is 4.79. The van der Waals surface area contributed by atoms with Gasteiger partial charge in [-0.05, 0) is 55.7 Å². The summed E-state index contributed by atoms with van der Waals surface area (Å²) >= 11 is 0. The lowest BCUT2D eigenvalue weighted by Gasteiger charge is -2.35. The zero-order valence-electron chi connectivity index (χ0n) is 19.9. The lowest BCUT2D eigenvalue weighted by atomic mass is 10.1. The summed E-state index contributed by atoms with van der Waals surface area (Å²) in [5, 5.41) is 0. The number of hydrogen-bond acceptors (Lipinski definition) is 6. The fourth-order valence-electron chi connectivity index (χ4n) is 4.79. The van der Waals surface area contributed by atoms with Crippen LogP contribution in [-0.4, -0.2) is 66.8 Å². The Morgan fingerprint density at radius 3 is 2.63 bits per heavy atom. The SMILES string of the molecule is Cc1nccc(-c2ccc3nc(Cc4cc(CN5CCN(C(=O)C6CC6)CC5)ccn4)[nH]c3c2)n1. The lowest BCUT2D eigenvalue weighted by molar-refractivity contribution is -0.134.